The summed E-state index contributed by atoms with van der Waals surface area (Å²) in [4.78, 5) is 12.0. The monoisotopic (exact) mass is 279 g/mol. The van der Waals surface area contributed by atoms with Gasteiger partial charge in [0.15, 0.2) is 5.60 Å². The van der Waals surface area contributed by atoms with Gasteiger partial charge in [0.05, 0.1) is 13.2 Å². The number of nitrogens with one attached hydrogen (secondary N) is 1. The number of carbonyl (C=O) groups is 1. The Morgan fingerprint density at radius 1 is 1.40 bits per heavy atom. The van der Waals surface area contributed by atoms with Crippen molar-refractivity contribution in [1.82, 2.24) is 5.32 Å². The summed E-state index contributed by atoms with van der Waals surface area (Å²) in [6.45, 7) is 0.467. The molecule has 1 aliphatic heterocycles. The molecule has 1 amide bonds. The standard InChI is InChI=1S/C15H18FNO3/c16-13-4-2-1-3-12(13)10-7-11(8-10)17-14(18)15(19)5-6-20-9-15/h1-4,10-11,19H,5-9H2,(H,17,18). The lowest BCUT2D eigenvalue weighted by atomic mass is 9.75. The summed E-state index contributed by atoms with van der Waals surface area (Å²) in [5, 5.41) is 12.9. The predicted molar refractivity (Wildman–Crippen MR) is 70.7 cm³/mol. The number of hydrogen-bond acceptors (Lipinski definition) is 3. The number of rotatable bonds is 3. The van der Waals surface area contributed by atoms with E-state index in [9.17, 15) is 14.3 Å². The molecular formula is C15H18FNO3. The predicted octanol–water partition coefficient (Wildman–Crippen LogP) is 1.34. The number of carbonyl (C=O) groups excluding carboxylic acids is 1. The Labute approximate surface area is 116 Å². The first-order valence-electron chi connectivity index (χ1n) is 6.94. The second kappa shape index (κ2) is 5.14. The molecule has 1 heterocycles. The number of benzene rings is 1. The number of ether oxygens (including phenoxy) is 1. The molecule has 108 valence electrons. The zero-order chi connectivity index (χ0) is 14.2. The fourth-order valence-corrected chi connectivity index (χ4v) is 2.85. The first-order chi connectivity index (χ1) is 9.58. The van der Waals surface area contributed by atoms with E-state index in [-0.39, 0.29) is 30.3 Å². The Kier molecular flexibility index (Phi) is 3.48. The average molecular weight is 279 g/mol. The molecule has 2 fully saturated rings. The van der Waals surface area contributed by atoms with Crippen molar-refractivity contribution in [2.45, 2.75) is 36.8 Å². The first-order valence-corrected chi connectivity index (χ1v) is 6.94. The fourth-order valence-electron chi connectivity index (χ4n) is 2.85. The van der Waals surface area contributed by atoms with Crippen LogP contribution >= 0.6 is 0 Å². The van der Waals surface area contributed by atoms with Crippen molar-refractivity contribution in [3.8, 4) is 0 Å². The van der Waals surface area contributed by atoms with Crippen LogP contribution in [-0.2, 0) is 9.53 Å². The molecule has 1 aliphatic carbocycles. The van der Waals surface area contributed by atoms with Crippen molar-refractivity contribution in [3.05, 3.63) is 35.6 Å². The normalized spacial score (nSPS) is 32.7. The second-order valence-corrected chi connectivity index (χ2v) is 5.69. The van der Waals surface area contributed by atoms with Crippen LogP contribution in [0.4, 0.5) is 4.39 Å². The van der Waals surface area contributed by atoms with E-state index in [4.69, 9.17) is 4.74 Å². The Bertz CT molecular complexity index is 508. The van der Waals surface area contributed by atoms with Gasteiger partial charge in [-0.3, -0.25) is 4.79 Å². The molecule has 0 aromatic heterocycles. The van der Waals surface area contributed by atoms with Crippen LogP contribution in [-0.4, -0.2) is 35.9 Å². The van der Waals surface area contributed by atoms with E-state index in [0.717, 1.165) is 0 Å². The van der Waals surface area contributed by atoms with Crippen LogP contribution in [0.15, 0.2) is 24.3 Å². The summed E-state index contributed by atoms with van der Waals surface area (Å²) in [7, 11) is 0. The molecule has 1 saturated carbocycles. The van der Waals surface area contributed by atoms with Crippen molar-refractivity contribution in [2.24, 2.45) is 0 Å². The Balaban J connectivity index is 1.54. The minimum absolute atomic E-state index is 0.0109. The Morgan fingerprint density at radius 3 is 2.80 bits per heavy atom. The van der Waals surface area contributed by atoms with Crippen LogP contribution in [0.1, 0.15) is 30.7 Å². The van der Waals surface area contributed by atoms with Crippen molar-refractivity contribution in [1.29, 1.82) is 0 Å². The van der Waals surface area contributed by atoms with Gasteiger partial charge >= 0.3 is 0 Å². The second-order valence-electron chi connectivity index (χ2n) is 5.69. The zero-order valence-corrected chi connectivity index (χ0v) is 11.1. The van der Waals surface area contributed by atoms with Gasteiger partial charge in [-0.2, -0.15) is 0 Å². The highest BCUT2D eigenvalue weighted by Gasteiger charge is 2.42. The maximum Gasteiger partial charge on any atom is 0.254 e. The van der Waals surface area contributed by atoms with E-state index in [1.165, 1.54) is 6.07 Å². The minimum atomic E-state index is -1.39. The third kappa shape index (κ3) is 2.43. The maximum atomic E-state index is 13.6. The first kappa shape index (κ1) is 13.5. The van der Waals surface area contributed by atoms with Crippen LogP contribution < -0.4 is 5.32 Å². The van der Waals surface area contributed by atoms with Gasteiger partial charge < -0.3 is 15.2 Å². The average Bonchev–Trinajstić information content (AvgIpc) is 2.83. The summed E-state index contributed by atoms with van der Waals surface area (Å²) in [5.74, 6) is -0.409. The molecule has 0 spiro atoms. The van der Waals surface area contributed by atoms with Crippen molar-refractivity contribution in [2.75, 3.05) is 13.2 Å². The van der Waals surface area contributed by atoms with Gasteiger partial charge in [-0.25, -0.2) is 4.39 Å². The fraction of sp³-hybridized carbons (Fsp3) is 0.533. The van der Waals surface area contributed by atoms with Gasteiger partial charge in [-0.05, 0) is 30.4 Å². The molecule has 1 saturated heterocycles. The Hall–Kier alpha value is -1.46. The molecule has 1 aromatic rings. The lowest BCUT2D eigenvalue weighted by Gasteiger charge is -2.37. The number of amides is 1. The van der Waals surface area contributed by atoms with Gasteiger partial charge in [0, 0.05) is 12.5 Å². The highest BCUT2D eigenvalue weighted by Crippen LogP contribution is 2.38. The minimum Gasteiger partial charge on any atom is -0.378 e. The van der Waals surface area contributed by atoms with Crippen molar-refractivity contribution < 1.29 is 19.0 Å². The highest BCUT2D eigenvalue weighted by molar-refractivity contribution is 5.85. The molecule has 1 aromatic carbocycles. The molecular weight excluding hydrogens is 261 g/mol. The molecule has 4 nitrogen and oxygen atoms in total. The summed E-state index contributed by atoms with van der Waals surface area (Å²) in [6, 6.07) is 6.75. The van der Waals surface area contributed by atoms with Gasteiger partial charge in [0.25, 0.3) is 5.91 Å². The lowest BCUT2D eigenvalue weighted by molar-refractivity contribution is -0.141. The van der Waals surface area contributed by atoms with Crippen LogP contribution in [0.3, 0.4) is 0 Å². The quantitative estimate of drug-likeness (QED) is 0.878. The van der Waals surface area contributed by atoms with Gasteiger partial charge in [-0.1, -0.05) is 18.2 Å². The molecule has 20 heavy (non-hydrogen) atoms. The third-order valence-corrected chi connectivity index (χ3v) is 4.24. The maximum absolute atomic E-state index is 13.6. The molecule has 0 bridgehead atoms. The molecule has 2 N–H and O–H groups in total. The van der Waals surface area contributed by atoms with Gasteiger partial charge in [-0.15, -0.1) is 0 Å². The van der Waals surface area contributed by atoms with E-state index >= 15 is 0 Å². The number of aliphatic hydroxyl groups is 1. The number of halogens is 1. The van der Waals surface area contributed by atoms with Crippen LogP contribution in [0.2, 0.25) is 0 Å². The molecule has 5 heteroatoms. The third-order valence-electron chi connectivity index (χ3n) is 4.24. The molecule has 2 aliphatic rings. The molecule has 1 unspecified atom stereocenters. The summed E-state index contributed by atoms with van der Waals surface area (Å²) in [6.07, 6.45) is 1.76. The summed E-state index contributed by atoms with van der Waals surface area (Å²) in [5.41, 5.74) is -0.677. The molecule has 3 rings (SSSR count). The molecule has 0 radical (unpaired) electrons. The number of hydrogen-bond donors (Lipinski definition) is 2. The summed E-state index contributed by atoms with van der Waals surface area (Å²) < 4.78 is 18.7. The van der Waals surface area contributed by atoms with Crippen molar-refractivity contribution >= 4 is 5.91 Å². The topological polar surface area (TPSA) is 58.6 Å². The van der Waals surface area contributed by atoms with E-state index in [1.807, 2.05) is 6.07 Å². The lowest BCUT2D eigenvalue weighted by Crippen LogP contribution is -2.53. The van der Waals surface area contributed by atoms with E-state index in [0.29, 0.717) is 31.4 Å². The van der Waals surface area contributed by atoms with E-state index < -0.39 is 5.60 Å². The van der Waals surface area contributed by atoms with E-state index in [2.05, 4.69) is 5.32 Å². The van der Waals surface area contributed by atoms with Crippen LogP contribution in [0, 0.1) is 5.82 Å². The Morgan fingerprint density at radius 2 is 2.15 bits per heavy atom. The van der Waals surface area contributed by atoms with Crippen LogP contribution in [0.25, 0.3) is 0 Å². The highest BCUT2D eigenvalue weighted by atomic mass is 19.1. The van der Waals surface area contributed by atoms with E-state index in [1.54, 1.807) is 12.1 Å². The van der Waals surface area contributed by atoms with Gasteiger partial charge in [0.1, 0.15) is 5.82 Å². The largest absolute Gasteiger partial charge is 0.378 e. The van der Waals surface area contributed by atoms with Crippen LogP contribution in [0.5, 0.6) is 0 Å². The smallest absolute Gasteiger partial charge is 0.254 e. The molecule has 1 atom stereocenters. The van der Waals surface area contributed by atoms with Crippen molar-refractivity contribution in [3.63, 3.8) is 0 Å². The SMILES string of the molecule is O=C(NC1CC(c2ccccc2F)C1)C1(O)CCOC1. The summed E-state index contributed by atoms with van der Waals surface area (Å²) >= 11 is 0. The zero-order valence-electron chi connectivity index (χ0n) is 11.1. The van der Waals surface area contributed by atoms with Gasteiger partial charge in [0.2, 0.25) is 0 Å².